The van der Waals surface area contributed by atoms with E-state index in [4.69, 9.17) is 28.9 Å². The molecule has 0 radical (unpaired) electrons. The summed E-state index contributed by atoms with van der Waals surface area (Å²) < 4.78 is 0. The molecule has 1 amide bonds. The number of rotatable bonds is 2. The number of amides is 1. The van der Waals surface area contributed by atoms with Gasteiger partial charge >= 0.3 is 0 Å². The summed E-state index contributed by atoms with van der Waals surface area (Å²) in [5.74, 6) is -0.0482. The Hall–Kier alpha value is -1.85. The number of anilines is 2. The molecular formula is C11H8Cl2N4O. The van der Waals surface area contributed by atoms with Gasteiger partial charge in [-0.2, -0.15) is 5.10 Å². The normalized spacial score (nSPS) is 10.1. The lowest BCUT2D eigenvalue weighted by molar-refractivity contribution is 0.102. The summed E-state index contributed by atoms with van der Waals surface area (Å²) in [7, 11) is 0. The van der Waals surface area contributed by atoms with Crippen LogP contribution in [0.2, 0.25) is 10.0 Å². The molecule has 0 aliphatic carbocycles. The van der Waals surface area contributed by atoms with Crippen LogP contribution in [0.1, 0.15) is 10.4 Å². The largest absolute Gasteiger partial charge is 0.397 e. The molecule has 0 unspecified atom stereocenters. The third-order valence-corrected chi connectivity index (χ3v) is 2.95. The van der Waals surface area contributed by atoms with Crippen molar-refractivity contribution in [3.05, 3.63) is 46.1 Å². The van der Waals surface area contributed by atoms with Crippen molar-refractivity contribution < 1.29 is 4.79 Å². The molecule has 3 N–H and O–H groups in total. The molecule has 1 heterocycles. The Morgan fingerprint density at radius 1 is 1.33 bits per heavy atom. The average Bonchev–Trinajstić information content (AvgIpc) is 2.36. The number of halogens is 2. The van der Waals surface area contributed by atoms with E-state index in [1.807, 2.05) is 0 Å². The standard InChI is InChI=1S/C11H8Cl2N4O/c12-7-4-6(5-8(14)10(7)13)11(18)16-9-2-1-3-15-17-9/h1-5H,14H2,(H,16,17,18). The molecule has 1 aromatic heterocycles. The van der Waals surface area contributed by atoms with Crippen LogP contribution in [0.15, 0.2) is 30.5 Å². The van der Waals surface area contributed by atoms with E-state index in [-0.39, 0.29) is 21.6 Å². The number of carbonyl (C=O) groups excluding carboxylic acids is 1. The Balaban J connectivity index is 2.25. The SMILES string of the molecule is Nc1cc(C(=O)Nc2cccnn2)cc(Cl)c1Cl. The highest BCUT2D eigenvalue weighted by Crippen LogP contribution is 2.29. The first-order chi connectivity index (χ1) is 8.58. The molecule has 0 spiro atoms. The molecule has 92 valence electrons. The Morgan fingerprint density at radius 3 is 2.72 bits per heavy atom. The molecule has 5 nitrogen and oxygen atoms in total. The van der Waals surface area contributed by atoms with E-state index in [0.717, 1.165) is 0 Å². The van der Waals surface area contributed by atoms with Gasteiger partial charge in [-0.25, -0.2) is 0 Å². The number of benzene rings is 1. The van der Waals surface area contributed by atoms with Crippen LogP contribution < -0.4 is 11.1 Å². The van der Waals surface area contributed by atoms with Crippen molar-refractivity contribution in [1.29, 1.82) is 0 Å². The monoisotopic (exact) mass is 282 g/mol. The van der Waals surface area contributed by atoms with E-state index in [9.17, 15) is 4.79 Å². The van der Waals surface area contributed by atoms with E-state index in [1.165, 1.54) is 18.3 Å². The topological polar surface area (TPSA) is 80.9 Å². The van der Waals surface area contributed by atoms with Gasteiger partial charge in [0.05, 0.1) is 15.7 Å². The smallest absolute Gasteiger partial charge is 0.256 e. The molecule has 18 heavy (non-hydrogen) atoms. The van der Waals surface area contributed by atoms with Gasteiger partial charge in [0, 0.05) is 11.8 Å². The Labute approximate surface area is 113 Å². The molecule has 0 aliphatic rings. The number of hydrogen-bond acceptors (Lipinski definition) is 4. The second-order valence-electron chi connectivity index (χ2n) is 3.42. The highest BCUT2D eigenvalue weighted by molar-refractivity contribution is 6.44. The van der Waals surface area contributed by atoms with Gasteiger partial charge < -0.3 is 11.1 Å². The number of aromatic nitrogens is 2. The minimum absolute atomic E-state index is 0.223. The van der Waals surface area contributed by atoms with Gasteiger partial charge in [-0.15, -0.1) is 5.10 Å². The first-order valence-corrected chi connectivity index (χ1v) is 5.67. The first-order valence-electron chi connectivity index (χ1n) is 4.91. The lowest BCUT2D eigenvalue weighted by Gasteiger charge is -2.06. The molecule has 0 aliphatic heterocycles. The molecule has 0 fully saturated rings. The van der Waals surface area contributed by atoms with Crippen molar-refractivity contribution in [1.82, 2.24) is 10.2 Å². The van der Waals surface area contributed by atoms with Gasteiger partial charge in [0.25, 0.3) is 5.91 Å². The fourth-order valence-electron chi connectivity index (χ4n) is 1.30. The summed E-state index contributed by atoms with van der Waals surface area (Å²) >= 11 is 11.6. The Kier molecular flexibility index (Phi) is 3.64. The van der Waals surface area contributed by atoms with Crippen molar-refractivity contribution in [3.63, 3.8) is 0 Å². The summed E-state index contributed by atoms with van der Waals surface area (Å²) in [6.45, 7) is 0. The third-order valence-electron chi connectivity index (χ3n) is 2.13. The number of nitrogens with one attached hydrogen (secondary N) is 1. The minimum atomic E-state index is -0.388. The average molecular weight is 283 g/mol. The van der Waals surface area contributed by atoms with Gasteiger partial charge in [0.2, 0.25) is 0 Å². The van der Waals surface area contributed by atoms with Crippen LogP contribution in [0.25, 0.3) is 0 Å². The van der Waals surface area contributed by atoms with Crippen molar-refractivity contribution in [3.8, 4) is 0 Å². The van der Waals surface area contributed by atoms with Gasteiger partial charge in [-0.1, -0.05) is 23.2 Å². The summed E-state index contributed by atoms with van der Waals surface area (Å²) in [5.41, 5.74) is 6.17. The van der Waals surface area contributed by atoms with Crippen LogP contribution in [0.3, 0.4) is 0 Å². The highest BCUT2D eigenvalue weighted by atomic mass is 35.5. The first kappa shape index (κ1) is 12.6. The molecule has 2 aromatic rings. The minimum Gasteiger partial charge on any atom is -0.397 e. The van der Waals surface area contributed by atoms with Crippen molar-refractivity contribution in [2.24, 2.45) is 0 Å². The Bertz CT molecular complexity index is 566. The van der Waals surface area contributed by atoms with Gasteiger partial charge in [0.15, 0.2) is 5.82 Å². The molecule has 1 aromatic carbocycles. The van der Waals surface area contributed by atoms with E-state index >= 15 is 0 Å². The maximum atomic E-state index is 11.9. The van der Waals surface area contributed by atoms with Gasteiger partial charge in [-0.05, 0) is 24.3 Å². The number of nitrogens with two attached hydrogens (primary N) is 1. The lowest BCUT2D eigenvalue weighted by Crippen LogP contribution is -2.13. The summed E-state index contributed by atoms with van der Waals surface area (Å²) in [5, 5.41) is 10.4. The fourth-order valence-corrected chi connectivity index (χ4v) is 1.63. The molecule has 7 heteroatoms. The van der Waals surface area contributed by atoms with Crippen LogP contribution in [0, 0.1) is 0 Å². The molecule has 2 rings (SSSR count). The molecule has 0 saturated carbocycles. The lowest BCUT2D eigenvalue weighted by atomic mass is 10.2. The van der Waals surface area contributed by atoms with Crippen LogP contribution in [-0.2, 0) is 0 Å². The number of carbonyl (C=O) groups is 1. The summed E-state index contributed by atoms with van der Waals surface area (Å²) in [4.78, 5) is 11.9. The second-order valence-corrected chi connectivity index (χ2v) is 4.21. The Morgan fingerprint density at radius 2 is 2.11 bits per heavy atom. The van der Waals surface area contributed by atoms with Crippen LogP contribution in [0.4, 0.5) is 11.5 Å². The van der Waals surface area contributed by atoms with Gasteiger partial charge in [0.1, 0.15) is 0 Å². The quantitative estimate of drug-likeness (QED) is 0.830. The van der Waals surface area contributed by atoms with Crippen molar-refractivity contribution in [2.45, 2.75) is 0 Å². The zero-order valence-corrected chi connectivity index (χ0v) is 10.5. The van der Waals surface area contributed by atoms with Crippen LogP contribution in [-0.4, -0.2) is 16.1 Å². The number of hydrogen-bond donors (Lipinski definition) is 2. The molecule has 0 atom stereocenters. The van der Waals surface area contributed by atoms with E-state index in [2.05, 4.69) is 15.5 Å². The zero-order chi connectivity index (χ0) is 13.1. The van der Waals surface area contributed by atoms with E-state index < -0.39 is 0 Å². The zero-order valence-electron chi connectivity index (χ0n) is 9.02. The highest BCUT2D eigenvalue weighted by Gasteiger charge is 2.11. The fraction of sp³-hybridized carbons (Fsp3) is 0. The number of nitrogens with zero attached hydrogens (tertiary/aromatic N) is 2. The van der Waals surface area contributed by atoms with Crippen LogP contribution in [0.5, 0.6) is 0 Å². The van der Waals surface area contributed by atoms with E-state index in [0.29, 0.717) is 11.4 Å². The second kappa shape index (κ2) is 5.20. The molecule has 0 saturated heterocycles. The number of nitrogen functional groups attached to an aromatic ring is 1. The summed E-state index contributed by atoms with van der Waals surface area (Å²) in [6.07, 6.45) is 1.51. The molecular weight excluding hydrogens is 275 g/mol. The molecule has 0 bridgehead atoms. The van der Waals surface area contributed by atoms with E-state index in [1.54, 1.807) is 12.1 Å². The van der Waals surface area contributed by atoms with Gasteiger partial charge in [-0.3, -0.25) is 4.79 Å². The predicted molar refractivity (Wildman–Crippen MR) is 70.9 cm³/mol. The third kappa shape index (κ3) is 2.69. The predicted octanol–water partition coefficient (Wildman–Crippen LogP) is 2.62. The maximum absolute atomic E-state index is 11.9. The van der Waals surface area contributed by atoms with Crippen molar-refractivity contribution in [2.75, 3.05) is 11.1 Å². The maximum Gasteiger partial charge on any atom is 0.256 e. The summed E-state index contributed by atoms with van der Waals surface area (Å²) in [6, 6.07) is 6.16. The van der Waals surface area contributed by atoms with Crippen molar-refractivity contribution >= 4 is 40.6 Å². The van der Waals surface area contributed by atoms with Crippen LogP contribution >= 0.6 is 23.2 Å².